The number of urea groups is 1. The topological polar surface area (TPSA) is 63.7 Å². The van der Waals surface area contributed by atoms with Gasteiger partial charge in [0.15, 0.2) is 0 Å². The second kappa shape index (κ2) is 9.40. The predicted octanol–water partition coefficient (Wildman–Crippen LogP) is 3.83. The van der Waals surface area contributed by atoms with Crippen molar-refractivity contribution in [2.45, 2.75) is 18.9 Å². The predicted molar refractivity (Wildman–Crippen MR) is 101 cm³/mol. The number of amides is 2. The Morgan fingerprint density at radius 1 is 1.31 bits per heavy atom. The van der Waals surface area contributed by atoms with E-state index in [2.05, 4.69) is 10.3 Å². The highest BCUT2D eigenvalue weighted by Crippen LogP contribution is 2.16. The molecule has 1 atom stereocenters. The molecule has 6 nitrogen and oxygen atoms in total. The Bertz CT molecular complexity index is 691. The summed E-state index contributed by atoms with van der Waals surface area (Å²) in [5.74, 6) is 0.784. The number of anilines is 1. The fourth-order valence-corrected chi connectivity index (χ4v) is 2.86. The van der Waals surface area contributed by atoms with Gasteiger partial charge in [0.05, 0.1) is 24.5 Å². The van der Waals surface area contributed by atoms with E-state index in [1.54, 1.807) is 17.0 Å². The van der Waals surface area contributed by atoms with E-state index in [4.69, 9.17) is 21.1 Å². The highest BCUT2D eigenvalue weighted by molar-refractivity contribution is 6.29. The number of nitrogens with one attached hydrogen (secondary N) is 1. The number of hydrogen-bond acceptors (Lipinski definition) is 4. The molecule has 3 rings (SSSR count). The molecular weight excluding hydrogens is 354 g/mol. The standard InChI is InChI=1S/C19H22ClN3O3/c20-18-9-8-15(13-21-18)22-19(24)23(14-17-7-4-11-25-17)10-12-26-16-5-2-1-3-6-16/h1-3,5-6,8-9,13,17H,4,7,10-12,14H2,(H,22,24)/t17-/m0/s1. The summed E-state index contributed by atoms with van der Waals surface area (Å²) in [6, 6.07) is 12.7. The van der Waals surface area contributed by atoms with Crippen LogP contribution in [0.5, 0.6) is 5.75 Å². The molecule has 0 unspecified atom stereocenters. The van der Waals surface area contributed by atoms with Crippen molar-refractivity contribution < 1.29 is 14.3 Å². The Kier molecular flexibility index (Phi) is 6.68. The number of carbonyl (C=O) groups excluding carboxylic acids is 1. The second-order valence-electron chi connectivity index (χ2n) is 6.04. The van der Waals surface area contributed by atoms with Crippen LogP contribution >= 0.6 is 11.6 Å². The quantitative estimate of drug-likeness (QED) is 0.747. The smallest absolute Gasteiger partial charge is 0.322 e. The lowest BCUT2D eigenvalue weighted by molar-refractivity contribution is 0.0799. The second-order valence-corrected chi connectivity index (χ2v) is 6.43. The summed E-state index contributed by atoms with van der Waals surface area (Å²) < 4.78 is 11.4. The van der Waals surface area contributed by atoms with Gasteiger partial charge in [-0.2, -0.15) is 0 Å². The summed E-state index contributed by atoms with van der Waals surface area (Å²) in [6.45, 7) is 2.15. The Morgan fingerprint density at radius 3 is 2.85 bits per heavy atom. The first-order valence-electron chi connectivity index (χ1n) is 8.67. The molecule has 0 spiro atoms. The molecule has 1 aliphatic rings. The van der Waals surface area contributed by atoms with Crippen molar-refractivity contribution in [2.75, 3.05) is 31.6 Å². The lowest BCUT2D eigenvalue weighted by atomic mass is 10.2. The number of benzene rings is 1. The summed E-state index contributed by atoms with van der Waals surface area (Å²) in [5.41, 5.74) is 0.598. The normalized spacial score (nSPS) is 16.3. The van der Waals surface area contributed by atoms with Crippen molar-refractivity contribution >= 4 is 23.3 Å². The Balaban J connectivity index is 1.57. The van der Waals surface area contributed by atoms with Gasteiger partial charge in [-0.3, -0.25) is 0 Å². The van der Waals surface area contributed by atoms with Crippen molar-refractivity contribution in [3.05, 3.63) is 53.8 Å². The zero-order valence-corrected chi connectivity index (χ0v) is 15.2. The fraction of sp³-hybridized carbons (Fsp3) is 0.368. The molecule has 0 saturated carbocycles. The van der Waals surface area contributed by atoms with Gasteiger partial charge in [-0.1, -0.05) is 29.8 Å². The molecule has 1 fully saturated rings. The fourth-order valence-electron chi connectivity index (χ4n) is 2.75. The van der Waals surface area contributed by atoms with Crippen LogP contribution in [0, 0.1) is 0 Å². The molecule has 1 saturated heterocycles. The van der Waals surface area contributed by atoms with Crippen molar-refractivity contribution in [3.8, 4) is 5.75 Å². The molecule has 1 N–H and O–H groups in total. The maximum atomic E-state index is 12.7. The molecule has 138 valence electrons. The van der Waals surface area contributed by atoms with Crippen LogP contribution in [0.3, 0.4) is 0 Å². The monoisotopic (exact) mass is 375 g/mol. The van der Waals surface area contributed by atoms with Crippen molar-refractivity contribution in [1.82, 2.24) is 9.88 Å². The molecule has 0 aliphatic carbocycles. The number of aromatic nitrogens is 1. The Hall–Kier alpha value is -2.31. The lowest BCUT2D eigenvalue weighted by Gasteiger charge is -2.25. The van der Waals surface area contributed by atoms with Gasteiger partial charge in [0.25, 0.3) is 0 Å². The molecule has 0 bridgehead atoms. The highest BCUT2D eigenvalue weighted by Gasteiger charge is 2.22. The van der Waals surface area contributed by atoms with Crippen molar-refractivity contribution in [3.63, 3.8) is 0 Å². The van der Waals surface area contributed by atoms with Gasteiger partial charge >= 0.3 is 6.03 Å². The molecule has 1 aromatic carbocycles. The van der Waals surface area contributed by atoms with Gasteiger partial charge < -0.3 is 19.7 Å². The van der Waals surface area contributed by atoms with Crippen LogP contribution in [0.15, 0.2) is 48.7 Å². The van der Waals surface area contributed by atoms with E-state index in [0.29, 0.717) is 30.5 Å². The summed E-state index contributed by atoms with van der Waals surface area (Å²) in [6.07, 6.45) is 3.60. The van der Waals surface area contributed by atoms with E-state index in [1.165, 1.54) is 6.20 Å². The van der Waals surface area contributed by atoms with Gasteiger partial charge in [-0.25, -0.2) is 9.78 Å². The first kappa shape index (κ1) is 18.5. The first-order chi connectivity index (χ1) is 12.7. The molecule has 1 aliphatic heterocycles. The van der Waals surface area contributed by atoms with Crippen LogP contribution in [0.4, 0.5) is 10.5 Å². The molecule has 7 heteroatoms. The molecule has 2 amide bonds. The summed E-state index contributed by atoms with van der Waals surface area (Å²) >= 11 is 5.78. The van der Waals surface area contributed by atoms with Crippen LogP contribution < -0.4 is 10.1 Å². The third-order valence-electron chi connectivity index (χ3n) is 4.09. The molecule has 1 aromatic heterocycles. The molecular formula is C19H22ClN3O3. The molecule has 0 radical (unpaired) electrons. The molecule has 26 heavy (non-hydrogen) atoms. The maximum absolute atomic E-state index is 12.7. The van der Waals surface area contributed by atoms with Crippen LogP contribution in [0.1, 0.15) is 12.8 Å². The van der Waals surface area contributed by atoms with E-state index in [9.17, 15) is 4.79 Å². The number of ether oxygens (including phenoxy) is 2. The van der Waals surface area contributed by atoms with Crippen LogP contribution in [-0.4, -0.2) is 48.3 Å². The number of carbonyl (C=O) groups is 1. The van der Waals surface area contributed by atoms with E-state index in [-0.39, 0.29) is 12.1 Å². The van der Waals surface area contributed by atoms with E-state index >= 15 is 0 Å². The van der Waals surface area contributed by atoms with Gasteiger partial charge in [0.1, 0.15) is 17.5 Å². The Labute approximate surface area is 158 Å². The van der Waals surface area contributed by atoms with Gasteiger partial charge in [-0.05, 0) is 37.1 Å². The Morgan fingerprint density at radius 2 is 2.15 bits per heavy atom. The molecule has 2 aromatic rings. The third kappa shape index (κ3) is 5.61. The highest BCUT2D eigenvalue weighted by atomic mass is 35.5. The van der Waals surface area contributed by atoms with Gasteiger partial charge in [0.2, 0.25) is 0 Å². The summed E-state index contributed by atoms with van der Waals surface area (Å²) in [7, 11) is 0. The largest absolute Gasteiger partial charge is 0.492 e. The van der Waals surface area contributed by atoms with Crippen LogP contribution in [0.2, 0.25) is 5.15 Å². The minimum atomic E-state index is -0.207. The number of hydrogen-bond donors (Lipinski definition) is 1. The number of para-hydroxylation sites is 1. The van der Waals surface area contributed by atoms with E-state index < -0.39 is 0 Å². The molecule has 2 heterocycles. The summed E-state index contributed by atoms with van der Waals surface area (Å²) in [5, 5.41) is 3.23. The third-order valence-corrected chi connectivity index (χ3v) is 4.31. The number of nitrogens with zero attached hydrogens (tertiary/aromatic N) is 2. The number of rotatable bonds is 7. The first-order valence-corrected chi connectivity index (χ1v) is 9.05. The minimum Gasteiger partial charge on any atom is -0.492 e. The van der Waals surface area contributed by atoms with Crippen molar-refractivity contribution in [2.24, 2.45) is 0 Å². The van der Waals surface area contributed by atoms with Gasteiger partial charge in [-0.15, -0.1) is 0 Å². The maximum Gasteiger partial charge on any atom is 0.322 e. The van der Waals surface area contributed by atoms with E-state index in [0.717, 1.165) is 25.2 Å². The van der Waals surface area contributed by atoms with E-state index in [1.807, 2.05) is 30.3 Å². The summed E-state index contributed by atoms with van der Waals surface area (Å²) in [4.78, 5) is 18.4. The van der Waals surface area contributed by atoms with Crippen LogP contribution in [0.25, 0.3) is 0 Å². The average Bonchev–Trinajstić information content (AvgIpc) is 3.17. The zero-order chi connectivity index (χ0) is 18.2. The lowest BCUT2D eigenvalue weighted by Crippen LogP contribution is -2.42. The SMILES string of the molecule is O=C(Nc1ccc(Cl)nc1)N(CCOc1ccccc1)C[C@@H]1CCCO1. The van der Waals surface area contributed by atoms with Crippen LogP contribution in [-0.2, 0) is 4.74 Å². The van der Waals surface area contributed by atoms with Crippen molar-refractivity contribution in [1.29, 1.82) is 0 Å². The number of halogens is 1. The average molecular weight is 376 g/mol. The minimum absolute atomic E-state index is 0.0702. The van der Waals surface area contributed by atoms with Gasteiger partial charge in [0, 0.05) is 13.2 Å². The zero-order valence-electron chi connectivity index (χ0n) is 14.4. The number of pyridine rings is 1.